The van der Waals surface area contributed by atoms with Gasteiger partial charge < -0.3 is 10.0 Å². The molecule has 0 aliphatic carbocycles. The summed E-state index contributed by atoms with van der Waals surface area (Å²) in [6.07, 6.45) is 4.72. The summed E-state index contributed by atoms with van der Waals surface area (Å²) in [6.45, 7) is 0.521. The molecule has 2 aromatic heterocycles. The molecule has 2 aromatic rings. The fourth-order valence-corrected chi connectivity index (χ4v) is 1.26. The van der Waals surface area contributed by atoms with Gasteiger partial charge in [-0.25, -0.2) is 0 Å². The minimum Gasteiger partial charge on any atom is -0.423 e. The van der Waals surface area contributed by atoms with Gasteiger partial charge in [0.2, 0.25) is 0 Å². The van der Waals surface area contributed by atoms with Crippen molar-refractivity contribution in [2.45, 2.75) is 6.54 Å². The third-order valence-corrected chi connectivity index (χ3v) is 2.00. The molecule has 0 amide bonds. The van der Waals surface area contributed by atoms with Crippen molar-refractivity contribution in [1.29, 1.82) is 0 Å². The fourth-order valence-electron chi connectivity index (χ4n) is 1.26. The Morgan fingerprint density at radius 3 is 2.69 bits per heavy atom. The van der Waals surface area contributed by atoms with Crippen LogP contribution >= 0.6 is 12.4 Å². The SMILES string of the molecule is Cl.OB(O)c1cnn(Cc2ccccn2)c1. The zero-order valence-electron chi connectivity index (χ0n) is 8.39. The Kier molecular flexibility index (Phi) is 4.48. The lowest BCUT2D eigenvalue weighted by atomic mass is 9.83. The van der Waals surface area contributed by atoms with Gasteiger partial charge in [-0.2, -0.15) is 5.10 Å². The number of hydrogen-bond acceptors (Lipinski definition) is 4. The molecule has 0 aliphatic rings. The minimum atomic E-state index is -1.47. The number of rotatable bonds is 3. The van der Waals surface area contributed by atoms with Crippen LogP contribution in [0.1, 0.15) is 5.69 Å². The van der Waals surface area contributed by atoms with Crippen LogP contribution in [-0.4, -0.2) is 31.9 Å². The molecule has 0 unspecified atom stereocenters. The van der Waals surface area contributed by atoms with E-state index < -0.39 is 7.12 Å². The molecule has 84 valence electrons. The van der Waals surface area contributed by atoms with Gasteiger partial charge in [0, 0.05) is 24.1 Å². The highest BCUT2D eigenvalue weighted by atomic mass is 35.5. The molecule has 0 saturated carbocycles. The third kappa shape index (κ3) is 3.06. The van der Waals surface area contributed by atoms with Crippen molar-refractivity contribution in [2.75, 3.05) is 0 Å². The van der Waals surface area contributed by atoms with Crippen LogP contribution in [-0.2, 0) is 6.54 Å². The summed E-state index contributed by atoms with van der Waals surface area (Å²) in [7, 11) is -1.47. The normalized spacial score (nSPS) is 9.62. The standard InChI is InChI=1S/C9H10BN3O2.ClH/c14-10(15)8-5-12-13(6-8)7-9-3-1-2-4-11-9;/h1-6,14-15H,7H2;1H. The largest absolute Gasteiger partial charge is 0.491 e. The highest BCUT2D eigenvalue weighted by Gasteiger charge is 2.12. The van der Waals surface area contributed by atoms with Crippen LogP contribution in [0.4, 0.5) is 0 Å². The topological polar surface area (TPSA) is 71.2 Å². The van der Waals surface area contributed by atoms with E-state index in [-0.39, 0.29) is 12.4 Å². The van der Waals surface area contributed by atoms with Gasteiger partial charge in [0.05, 0.1) is 12.2 Å². The number of hydrogen-bond donors (Lipinski definition) is 2. The zero-order chi connectivity index (χ0) is 10.7. The highest BCUT2D eigenvalue weighted by Crippen LogP contribution is 1.96. The van der Waals surface area contributed by atoms with Gasteiger partial charge in [0.1, 0.15) is 0 Å². The summed E-state index contributed by atoms with van der Waals surface area (Å²) in [5, 5.41) is 21.8. The molecular weight excluding hydrogens is 228 g/mol. The van der Waals surface area contributed by atoms with E-state index in [1.807, 2.05) is 18.2 Å². The molecule has 2 N–H and O–H groups in total. The van der Waals surface area contributed by atoms with Crippen LogP contribution in [0.5, 0.6) is 0 Å². The Balaban J connectivity index is 0.00000128. The van der Waals surface area contributed by atoms with Gasteiger partial charge in [-0.15, -0.1) is 12.4 Å². The summed E-state index contributed by atoms with van der Waals surface area (Å²) >= 11 is 0. The van der Waals surface area contributed by atoms with E-state index in [9.17, 15) is 0 Å². The summed E-state index contributed by atoms with van der Waals surface area (Å²) in [5.41, 5.74) is 1.26. The van der Waals surface area contributed by atoms with E-state index >= 15 is 0 Å². The van der Waals surface area contributed by atoms with E-state index in [4.69, 9.17) is 10.0 Å². The Hall–Kier alpha value is -1.37. The van der Waals surface area contributed by atoms with Crippen LogP contribution < -0.4 is 5.46 Å². The number of halogens is 1. The molecule has 16 heavy (non-hydrogen) atoms. The van der Waals surface area contributed by atoms with Crippen molar-refractivity contribution in [3.8, 4) is 0 Å². The lowest BCUT2D eigenvalue weighted by Crippen LogP contribution is -2.28. The van der Waals surface area contributed by atoms with Crippen LogP contribution in [0.3, 0.4) is 0 Å². The van der Waals surface area contributed by atoms with Crippen molar-refractivity contribution in [1.82, 2.24) is 14.8 Å². The van der Waals surface area contributed by atoms with Gasteiger partial charge in [-0.3, -0.25) is 9.67 Å². The number of nitrogens with zero attached hydrogens (tertiary/aromatic N) is 3. The van der Waals surface area contributed by atoms with E-state index in [2.05, 4.69) is 10.1 Å². The van der Waals surface area contributed by atoms with E-state index in [0.29, 0.717) is 12.0 Å². The average molecular weight is 239 g/mol. The molecule has 0 fully saturated rings. The second-order valence-electron chi connectivity index (χ2n) is 3.17. The van der Waals surface area contributed by atoms with Crippen molar-refractivity contribution in [3.63, 3.8) is 0 Å². The molecule has 0 saturated heterocycles. The van der Waals surface area contributed by atoms with Crippen LogP contribution in [0.15, 0.2) is 36.8 Å². The highest BCUT2D eigenvalue weighted by molar-refractivity contribution is 6.58. The van der Waals surface area contributed by atoms with Gasteiger partial charge >= 0.3 is 7.12 Å². The first kappa shape index (κ1) is 12.7. The lowest BCUT2D eigenvalue weighted by molar-refractivity contribution is 0.425. The molecular formula is C9H11BClN3O2. The quantitative estimate of drug-likeness (QED) is 0.704. The molecule has 0 aliphatic heterocycles. The molecule has 0 radical (unpaired) electrons. The lowest BCUT2D eigenvalue weighted by Gasteiger charge is -1.99. The Labute approximate surface area is 99.3 Å². The van der Waals surface area contributed by atoms with Gasteiger partial charge in [-0.05, 0) is 12.1 Å². The molecule has 2 heterocycles. The van der Waals surface area contributed by atoms with Crippen molar-refractivity contribution < 1.29 is 10.0 Å². The Morgan fingerprint density at radius 2 is 2.12 bits per heavy atom. The smallest absolute Gasteiger partial charge is 0.423 e. The molecule has 0 aromatic carbocycles. The average Bonchev–Trinajstić information content (AvgIpc) is 2.68. The van der Waals surface area contributed by atoms with Gasteiger partial charge in [0.15, 0.2) is 0 Å². The molecule has 0 spiro atoms. The zero-order valence-corrected chi connectivity index (χ0v) is 9.21. The first-order valence-electron chi connectivity index (χ1n) is 4.54. The third-order valence-electron chi connectivity index (χ3n) is 2.00. The van der Waals surface area contributed by atoms with Crippen molar-refractivity contribution in [2.24, 2.45) is 0 Å². The van der Waals surface area contributed by atoms with E-state index in [1.165, 1.54) is 6.20 Å². The predicted molar refractivity (Wildman–Crippen MR) is 62.6 cm³/mol. The fraction of sp³-hybridized carbons (Fsp3) is 0.111. The number of pyridine rings is 1. The summed E-state index contributed by atoms with van der Waals surface area (Å²) in [5.74, 6) is 0. The van der Waals surface area contributed by atoms with Crippen LogP contribution in [0, 0.1) is 0 Å². The van der Waals surface area contributed by atoms with E-state index in [1.54, 1.807) is 17.1 Å². The Morgan fingerprint density at radius 1 is 1.31 bits per heavy atom. The summed E-state index contributed by atoms with van der Waals surface area (Å²) in [6, 6.07) is 5.62. The monoisotopic (exact) mass is 239 g/mol. The predicted octanol–water partition coefficient (Wildman–Crippen LogP) is -0.572. The van der Waals surface area contributed by atoms with E-state index in [0.717, 1.165) is 5.69 Å². The maximum atomic E-state index is 8.89. The number of aromatic nitrogens is 3. The van der Waals surface area contributed by atoms with Gasteiger partial charge in [-0.1, -0.05) is 6.07 Å². The second-order valence-corrected chi connectivity index (χ2v) is 3.17. The first-order chi connectivity index (χ1) is 7.25. The maximum Gasteiger partial charge on any atom is 0.491 e. The molecule has 0 bridgehead atoms. The molecule has 0 atom stereocenters. The summed E-state index contributed by atoms with van der Waals surface area (Å²) < 4.78 is 1.61. The minimum absolute atomic E-state index is 0. The Bertz CT molecular complexity index is 435. The van der Waals surface area contributed by atoms with Crippen molar-refractivity contribution >= 4 is 25.0 Å². The first-order valence-corrected chi connectivity index (χ1v) is 4.54. The van der Waals surface area contributed by atoms with Gasteiger partial charge in [0.25, 0.3) is 0 Å². The summed E-state index contributed by atoms with van der Waals surface area (Å²) in [4.78, 5) is 4.14. The molecule has 2 rings (SSSR count). The maximum absolute atomic E-state index is 8.89. The molecule has 5 nitrogen and oxygen atoms in total. The molecule has 7 heteroatoms. The van der Waals surface area contributed by atoms with Crippen molar-refractivity contribution in [3.05, 3.63) is 42.5 Å². The second kappa shape index (κ2) is 5.65. The van der Waals surface area contributed by atoms with Crippen LogP contribution in [0.25, 0.3) is 0 Å². The van der Waals surface area contributed by atoms with Crippen LogP contribution in [0.2, 0.25) is 0 Å².